The van der Waals surface area contributed by atoms with Gasteiger partial charge in [-0.2, -0.15) is 0 Å². The van der Waals surface area contributed by atoms with Crippen LogP contribution in [0.3, 0.4) is 0 Å². The van der Waals surface area contributed by atoms with Gasteiger partial charge < -0.3 is 5.32 Å². The summed E-state index contributed by atoms with van der Waals surface area (Å²) in [6.07, 6.45) is 0.357. The number of benzene rings is 2. The van der Waals surface area contributed by atoms with Crippen LogP contribution < -0.4 is 5.32 Å². The topological polar surface area (TPSA) is 29.1 Å². The highest BCUT2D eigenvalue weighted by molar-refractivity contribution is 9.09. The minimum Gasteiger partial charge on any atom is -0.325 e. The Morgan fingerprint density at radius 2 is 1.76 bits per heavy atom. The van der Waals surface area contributed by atoms with Gasteiger partial charge in [0.2, 0.25) is 5.91 Å². The molecule has 0 fully saturated rings. The number of carbonyl (C=O) groups is 1. The lowest BCUT2D eigenvalue weighted by molar-refractivity contribution is -0.115. The van der Waals surface area contributed by atoms with E-state index in [-0.39, 0.29) is 10.7 Å². The lowest BCUT2D eigenvalue weighted by atomic mass is 10.0. The lowest BCUT2D eigenvalue weighted by Gasteiger charge is -2.17. The van der Waals surface area contributed by atoms with Crippen molar-refractivity contribution in [2.75, 3.05) is 5.32 Å². The first kappa shape index (κ1) is 15.2. The molecule has 1 atom stereocenters. The number of nitrogens with one attached hydrogen (secondary N) is 1. The highest BCUT2D eigenvalue weighted by Crippen LogP contribution is 2.43. The standard InChI is InChI=1S/C15H9BrCl3NO/c16-15(14-9(17)2-1-3-10(14)18)8-4-7-5-13(21)20-12(7)6-11(8)19/h1-4,6,15H,5H2,(H,20,21). The smallest absolute Gasteiger partial charge is 0.228 e. The van der Waals surface area contributed by atoms with Crippen molar-refractivity contribution in [3.8, 4) is 0 Å². The zero-order valence-electron chi connectivity index (χ0n) is 10.6. The second kappa shape index (κ2) is 5.81. The predicted molar refractivity (Wildman–Crippen MR) is 91.0 cm³/mol. The van der Waals surface area contributed by atoms with E-state index in [1.807, 2.05) is 6.07 Å². The van der Waals surface area contributed by atoms with Crippen molar-refractivity contribution in [3.63, 3.8) is 0 Å². The summed E-state index contributed by atoms with van der Waals surface area (Å²) in [6, 6.07) is 9.03. The molecule has 1 amide bonds. The third kappa shape index (κ3) is 2.80. The number of anilines is 1. The van der Waals surface area contributed by atoms with Crippen molar-refractivity contribution in [2.45, 2.75) is 11.2 Å². The zero-order valence-corrected chi connectivity index (χ0v) is 14.4. The van der Waals surface area contributed by atoms with Gasteiger partial charge in [-0.3, -0.25) is 4.79 Å². The number of halogens is 4. The second-order valence-corrected chi connectivity index (χ2v) is 6.89. The third-order valence-electron chi connectivity index (χ3n) is 3.37. The van der Waals surface area contributed by atoms with E-state index < -0.39 is 0 Å². The number of carbonyl (C=O) groups excluding carboxylic acids is 1. The van der Waals surface area contributed by atoms with Crippen LogP contribution in [0, 0.1) is 0 Å². The fraction of sp³-hybridized carbons (Fsp3) is 0.133. The molecule has 21 heavy (non-hydrogen) atoms. The number of fused-ring (bicyclic) bond motifs is 1. The first-order valence-electron chi connectivity index (χ1n) is 6.17. The van der Waals surface area contributed by atoms with Crippen LogP contribution in [0.15, 0.2) is 30.3 Å². The Bertz CT molecular complexity index is 728. The first-order chi connectivity index (χ1) is 9.97. The molecular formula is C15H9BrCl3NO. The van der Waals surface area contributed by atoms with Gasteiger partial charge in [-0.05, 0) is 29.3 Å². The molecule has 2 aromatic rings. The molecule has 1 aliphatic rings. The van der Waals surface area contributed by atoms with Crippen LogP contribution in [0.2, 0.25) is 15.1 Å². The zero-order chi connectivity index (χ0) is 15.1. The third-order valence-corrected chi connectivity index (χ3v) is 5.31. The van der Waals surface area contributed by atoms with E-state index in [9.17, 15) is 4.79 Å². The highest BCUT2D eigenvalue weighted by atomic mass is 79.9. The molecule has 2 aromatic carbocycles. The normalized spacial score (nSPS) is 14.8. The second-order valence-electron chi connectivity index (χ2n) is 4.75. The summed E-state index contributed by atoms with van der Waals surface area (Å²) in [5.74, 6) is -0.0277. The van der Waals surface area contributed by atoms with E-state index in [2.05, 4.69) is 21.2 Å². The van der Waals surface area contributed by atoms with Gasteiger partial charge in [-0.1, -0.05) is 62.9 Å². The fourth-order valence-electron chi connectivity index (χ4n) is 2.37. The molecule has 1 aliphatic heterocycles. The lowest BCUT2D eigenvalue weighted by Crippen LogP contribution is -2.03. The van der Waals surface area contributed by atoms with Crippen molar-refractivity contribution in [2.24, 2.45) is 0 Å². The monoisotopic (exact) mass is 403 g/mol. The SMILES string of the molecule is O=C1Cc2cc(C(Br)c3c(Cl)cccc3Cl)c(Cl)cc2N1. The Hall–Kier alpha value is -0.740. The fourth-order valence-corrected chi connectivity index (χ4v) is 4.53. The molecule has 1 heterocycles. The number of amides is 1. The molecule has 0 radical (unpaired) electrons. The molecule has 0 spiro atoms. The van der Waals surface area contributed by atoms with E-state index in [0.717, 1.165) is 22.4 Å². The van der Waals surface area contributed by atoms with E-state index in [1.165, 1.54) is 0 Å². The molecule has 1 unspecified atom stereocenters. The van der Waals surface area contributed by atoms with Gasteiger partial charge in [0, 0.05) is 26.3 Å². The number of rotatable bonds is 2. The maximum Gasteiger partial charge on any atom is 0.228 e. The van der Waals surface area contributed by atoms with E-state index in [4.69, 9.17) is 34.8 Å². The first-order valence-corrected chi connectivity index (χ1v) is 8.22. The molecule has 1 N–H and O–H groups in total. The summed E-state index contributed by atoms with van der Waals surface area (Å²) in [7, 11) is 0. The van der Waals surface area contributed by atoms with Crippen LogP contribution in [0.25, 0.3) is 0 Å². The largest absolute Gasteiger partial charge is 0.325 e. The molecule has 0 aromatic heterocycles. The van der Waals surface area contributed by atoms with Crippen LogP contribution in [-0.2, 0) is 11.2 Å². The molecule has 108 valence electrons. The average Bonchev–Trinajstić information content (AvgIpc) is 2.76. The predicted octanol–water partition coefficient (Wildman–Crippen LogP) is 5.63. The van der Waals surface area contributed by atoms with Gasteiger partial charge in [-0.15, -0.1) is 0 Å². The van der Waals surface area contributed by atoms with Gasteiger partial charge in [-0.25, -0.2) is 0 Å². The Balaban J connectivity index is 2.09. The maximum atomic E-state index is 11.5. The van der Waals surface area contributed by atoms with Gasteiger partial charge in [0.05, 0.1) is 11.2 Å². The highest BCUT2D eigenvalue weighted by Gasteiger charge is 2.24. The summed E-state index contributed by atoms with van der Waals surface area (Å²) < 4.78 is 0. The number of hydrogen-bond donors (Lipinski definition) is 1. The molecule has 6 heteroatoms. The van der Waals surface area contributed by atoms with E-state index in [1.54, 1.807) is 24.3 Å². The Kier molecular flexibility index (Phi) is 4.19. The van der Waals surface area contributed by atoms with Crippen LogP contribution >= 0.6 is 50.7 Å². The van der Waals surface area contributed by atoms with Crippen molar-refractivity contribution in [1.82, 2.24) is 0 Å². The summed E-state index contributed by atoms with van der Waals surface area (Å²) in [6.45, 7) is 0. The Morgan fingerprint density at radius 3 is 2.43 bits per heavy atom. The van der Waals surface area contributed by atoms with Crippen LogP contribution in [0.1, 0.15) is 21.5 Å². The minimum atomic E-state index is -0.243. The molecule has 0 bridgehead atoms. The van der Waals surface area contributed by atoms with Crippen LogP contribution in [0.4, 0.5) is 5.69 Å². The summed E-state index contributed by atoms with van der Waals surface area (Å²) >= 11 is 22.4. The van der Waals surface area contributed by atoms with Crippen molar-refractivity contribution in [1.29, 1.82) is 0 Å². The van der Waals surface area contributed by atoms with E-state index in [0.29, 0.717) is 21.5 Å². The number of alkyl halides is 1. The Morgan fingerprint density at radius 1 is 1.10 bits per heavy atom. The minimum absolute atomic E-state index is 0.0277. The molecule has 3 rings (SSSR count). The van der Waals surface area contributed by atoms with E-state index >= 15 is 0 Å². The van der Waals surface area contributed by atoms with Crippen LogP contribution in [0.5, 0.6) is 0 Å². The molecule has 0 saturated heterocycles. The molecular weight excluding hydrogens is 396 g/mol. The molecule has 0 saturated carbocycles. The molecule has 0 aliphatic carbocycles. The summed E-state index contributed by atoms with van der Waals surface area (Å²) in [4.78, 5) is 11.2. The average molecular weight is 406 g/mol. The van der Waals surface area contributed by atoms with Crippen molar-refractivity contribution >= 4 is 62.3 Å². The van der Waals surface area contributed by atoms with Gasteiger partial charge >= 0.3 is 0 Å². The maximum absolute atomic E-state index is 11.5. The quantitative estimate of drug-likeness (QED) is 0.645. The molecule has 2 nitrogen and oxygen atoms in total. The van der Waals surface area contributed by atoms with Gasteiger partial charge in [0.1, 0.15) is 0 Å². The number of hydrogen-bond acceptors (Lipinski definition) is 1. The summed E-state index contributed by atoms with van der Waals surface area (Å²) in [5, 5.41) is 4.46. The Labute approximate surface area is 145 Å². The van der Waals surface area contributed by atoms with Crippen LogP contribution in [-0.4, -0.2) is 5.91 Å². The summed E-state index contributed by atoms with van der Waals surface area (Å²) in [5.41, 5.74) is 3.28. The van der Waals surface area contributed by atoms with Gasteiger partial charge in [0.25, 0.3) is 0 Å². The van der Waals surface area contributed by atoms with Crippen molar-refractivity contribution < 1.29 is 4.79 Å². The van der Waals surface area contributed by atoms with Gasteiger partial charge in [0.15, 0.2) is 0 Å². The van der Waals surface area contributed by atoms with Crippen molar-refractivity contribution in [3.05, 3.63) is 62.1 Å².